The number of cyclic esters (lactones) is 2. The van der Waals surface area contributed by atoms with Crippen LogP contribution in [0.4, 0.5) is 4.79 Å². The maximum Gasteiger partial charge on any atom is 0.509 e. The predicted octanol–water partition coefficient (Wildman–Crippen LogP) is -0.495. The van der Waals surface area contributed by atoms with Crippen molar-refractivity contribution in [2.75, 3.05) is 32.9 Å². The molecule has 7 heteroatoms. The summed E-state index contributed by atoms with van der Waals surface area (Å²) in [5.74, 6) is 1.66. The highest BCUT2D eigenvalue weighted by molar-refractivity contribution is 5.65. The van der Waals surface area contributed by atoms with E-state index in [2.05, 4.69) is 10.2 Å². The van der Waals surface area contributed by atoms with Gasteiger partial charge in [0, 0.05) is 26.2 Å². The van der Waals surface area contributed by atoms with Crippen LogP contribution in [-0.2, 0) is 19.0 Å². The Hall–Kier alpha value is -1.56. The molecule has 0 aromatic carbocycles. The van der Waals surface area contributed by atoms with E-state index < -0.39 is 18.4 Å². The van der Waals surface area contributed by atoms with Crippen molar-refractivity contribution in [1.29, 1.82) is 0 Å². The molecule has 0 aliphatic carbocycles. The van der Waals surface area contributed by atoms with Crippen molar-refractivity contribution in [3.63, 3.8) is 0 Å². The summed E-state index contributed by atoms with van der Waals surface area (Å²) < 4.78 is 15.0. The van der Waals surface area contributed by atoms with Crippen LogP contribution in [0.1, 0.15) is 6.92 Å². The third-order valence-corrected chi connectivity index (χ3v) is 2.90. The number of nitrogens with zero attached hydrogens (tertiary/aromatic N) is 1. The minimum Gasteiger partial charge on any atom is -0.467 e. The number of piperazine rings is 1. The first-order valence-electron chi connectivity index (χ1n) is 5.89. The highest BCUT2D eigenvalue weighted by Crippen LogP contribution is 2.21. The van der Waals surface area contributed by atoms with Crippen LogP contribution in [-0.4, -0.2) is 62.1 Å². The first kappa shape index (κ1) is 12.9. The molecule has 0 amide bonds. The summed E-state index contributed by atoms with van der Waals surface area (Å²) in [7, 11) is 0. The molecule has 0 aromatic rings. The van der Waals surface area contributed by atoms with Crippen LogP contribution >= 0.6 is 0 Å². The van der Waals surface area contributed by atoms with Crippen LogP contribution in [0.3, 0.4) is 0 Å². The third-order valence-electron chi connectivity index (χ3n) is 2.90. The van der Waals surface area contributed by atoms with Gasteiger partial charge < -0.3 is 19.5 Å². The Bertz CT molecular complexity index is 360. The molecule has 18 heavy (non-hydrogen) atoms. The third kappa shape index (κ3) is 3.01. The Kier molecular flexibility index (Phi) is 4.19. The number of carbonyl (C=O) groups is 1. The molecule has 2 rings (SSSR count). The predicted molar refractivity (Wildman–Crippen MR) is 60.4 cm³/mol. The Morgan fingerprint density at radius 3 is 2.78 bits per heavy atom. The average Bonchev–Trinajstić information content (AvgIpc) is 2.71. The van der Waals surface area contributed by atoms with Gasteiger partial charge in [0.2, 0.25) is 11.9 Å². The second kappa shape index (κ2) is 5.86. The Morgan fingerprint density at radius 1 is 1.50 bits per heavy atom. The van der Waals surface area contributed by atoms with Gasteiger partial charge >= 0.3 is 6.16 Å². The molecular weight excluding hydrogens is 240 g/mol. The van der Waals surface area contributed by atoms with Crippen molar-refractivity contribution < 1.29 is 23.8 Å². The van der Waals surface area contributed by atoms with E-state index in [1.165, 1.54) is 0 Å². The SMILES string of the molecule is CC1OC(=O)OC1C(=C=O)OCN1CCNCC1. The number of rotatable bonds is 4. The molecule has 0 spiro atoms. The standard InChI is InChI=1S/C11H16N2O5/c1-8-10(18-11(15)17-8)9(6-14)16-7-13-4-2-12-3-5-13/h8,10,12H,2-5,7H2,1H3. The van der Waals surface area contributed by atoms with Crippen LogP contribution < -0.4 is 5.32 Å². The van der Waals surface area contributed by atoms with Gasteiger partial charge in [-0.3, -0.25) is 4.90 Å². The molecule has 2 saturated heterocycles. The summed E-state index contributed by atoms with van der Waals surface area (Å²) in [5.41, 5.74) is 0. The summed E-state index contributed by atoms with van der Waals surface area (Å²) in [6.07, 6.45) is -2.11. The summed E-state index contributed by atoms with van der Waals surface area (Å²) in [6.45, 7) is 5.41. The van der Waals surface area contributed by atoms with Gasteiger partial charge in [0.1, 0.15) is 12.8 Å². The van der Waals surface area contributed by atoms with Crippen LogP contribution in [0.2, 0.25) is 0 Å². The largest absolute Gasteiger partial charge is 0.509 e. The summed E-state index contributed by atoms with van der Waals surface area (Å²) in [5, 5.41) is 3.21. The normalized spacial score (nSPS) is 28.2. The van der Waals surface area contributed by atoms with Gasteiger partial charge in [-0.1, -0.05) is 0 Å². The lowest BCUT2D eigenvalue weighted by Crippen LogP contribution is -2.44. The minimum absolute atomic E-state index is 0.0214. The number of hydrogen-bond acceptors (Lipinski definition) is 7. The van der Waals surface area contributed by atoms with Crippen LogP contribution in [0.25, 0.3) is 0 Å². The smallest absolute Gasteiger partial charge is 0.467 e. The van der Waals surface area contributed by atoms with Gasteiger partial charge in [-0.2, -0.15) is 0 Å². The van der Waals surface area contributed by atoms with E-state index in [-0.39, 0.29) is 12.5 Å². The molecule has 0 aromatic heterocycles. The van der Waals surface area contributed by atoms with Gasteiger partial charge in [-0.15, -0.1) is 0 Å². The number of ether oxygens (including phenoxy) is 3. The molecular formula is C11H16N2O5. The zero-order valence-electron chi connectivity index (χ0n) is 10.2. The second-order valence-corrected chi connectivity index (χ2v) is 4.22. The average molecular weight is 256 g/mol. The van der Waals surface area contributed by atoms with Gasteiger partial charge in [-0.25, -0.2) is 9.59 Å². The summed E-state index contributed by atoms with van der Waals surface area (Å²) >= 11 is 0. The highest BCUT2D eigenvalue weighted by atomic mass is 16.8. The van der Waals surface area contributed by atoms with E-state index in [9.17, 15) is 9.59 Å². The lowest BCUT2D eigenvalue weighted by atomic mass is 10.2. The highest BCUT2D eigenvalue weighted by Gasteiger charge is 2.38. The van der Waals surface area contributed by atoms with Crippen molar-refractivity contribution in [2.45, 2.75) is 19.1 Å². The fraction of sp³-hybridized carbons (Fsp3) is 0.727. The molecule has 0 radical (unpaired) electrons. The lowest BCUT2D eigenvalue weighted by molar-refractivity contribution is 0.0293. The lowest BCUT2D eigenvalue weighted by Gasteiger charge is -2.27. The number of hydrogen-bond donors (Lipinski definition) is 1. The van der Waals surface area contributed by atoms with Gasteiger partial charge in [0.15, 0.2) is 5.94 Å². The maximum absolute atomic E-state index is 10.9. The van der Waals surface area contributed by atoms with E-state index in [0.29, 0.717) is 0 Å². The Morgan fingerprint density at radius 2 is 2.22 bits per heavy atom. The van der Waals surface area contributed by atoms with Crippen molar-refractivity contribution in [3.8, 4) is 0 Å². The van der Waals surface area contributed by atoms with Crippen LogP contribution in [0.5, 0.6) is 0 Å². The molecule has 2 atom stereocenters. The molecule has 0 bridgehead atoms. The van der Waals surface area contributed by atoms with E-state index >= 15 is 0 Å². The topological polar surface area (TPSA) is 77.1 Å². The van der Waals surface area contributed by atoms with Gasteiger partial charge in [0.25, 0.3) is 0 Å². The van der Waals surface area contributed by atoms with Crippen LogP contribution in [0.15, 0.2) is 5.76 Å². The van der Waals surface area contributed by atoms with E-state index in [1.54, 1.807) is 12.9 Å². The van der Waals surface area contributed by atoms with Gasteiger partial charge in [-0.05, 0) is 6.92 Å². The molecule has 2 heterocycles. The van der Waals surface area contributed by atoms with E-state index in [0.717, 1.165) is 26.2 Å². The van der Waals surface area contributed by atoms with Crippen molar-refractivity contribution >= 4 is 12.1 Å². The van der Waals surface area contributed by atoms with Crippen LogP contribution in [0, 0.1) is 0 Å². The second-order valence-electron chi connectivity index (χ2n) is 4.22. The monoisotopic (exact) mass is 256 g/mol. The fourth-order valence-corrected chi connectivity index (χ4v) is 1.88. The first-order valence-corrected chi connectivity index (χ1v) is 5.89. The zero-order valence-corrected chi connectivity index (χ0v) is 10.2. The van der Waals surface area contributed by atoms with Crippen molar-refractivity contribution in [2.24, 2.45) is 0 Å². The molecule has 7 nitrogen and oxygen atoms in total. The molecule has 2 unspecified atom stereocenters. The van der Waals surface area contributed by atoms with E-state index in [4.69, 9.17) is 14.2 Å². The minimum atomic E-state index is -0.794. The fourth-order valence-electron chi connectivity index (χ4n) is 1.88. The number of nitrogens with one attached hydrogen (secondary N) is 1. The van der Waals surface area contributed by atoms with Crippen molar-refractivity contribution in [1.82, 2.24) is 10.2 Å². The zero-order chi connectivity index (χ0) is 13.0. The molecule has 2 aliphatic heterocycles. The molecule has 0 saturated carbocycles. The molecule has 2 aliphatic rings. The molecule has 100 valence electrons. The first-order chi connectivity index (χ1) is 8.70. The Balaban J connectivity index is 1.86. The van der Waals surface area contributed by atoms with Crippen molar-refractivity contribution in [3.05, 3.63) is 5.76 Å². The maximum atomic E-state index is 10.9. The molecule has 1 N–H and O–H groups in total. The Labute approximate surface area is 105 Å². The quantitative estimate of drug-likeness (QED) is 0.413. The van der Waals surface area contributed by atoms with Gasteiger partial charge in [0.05, 0.1) is 0 Å². The summed E-state index contributed by atoms with van der Waals surface area (Å²) in [6, 6.07) is 0. The van der Waals surface area contributed by atoms with E-state index in [1.807, 2.05) is 0 Å². The number of carbonyl (C=O) groups excluding carboxylic acids is 2. The summed E-state index contributed by atoms with van der Waals surface area (Å²) in [4.78, 5) is 23.8. The molecule has 2 fully saturated rings.